The van der Waals surface area contributed by atoms with Gasteiger partial charge in [0.15, 0.2) is 0 Å². The van der Waals surface area contributed by atoms with Crippen LogP contribution in [0.1, 0.15) is 68.4 Å². The second-order valence-electron chi connectivity index (χ2n) is 9.21. The van der Waals surface area contributed by atoms with E-state index in [1.807, 2.05) is 24.3 Å². The van der Waals surface area contributed by atoms with Crippen LogP contribution >= 0.6 is 0 Å². The SMILES string of the molecule is COC(=O)c1ccc(C(C)(C)C)c(NC(=O)CC(c2ccc(OC)cc2OC)C(C)C)c1. The van der Waals surface area contributed by atoms with E-state index in [0.29, 0.717) is 22.7 Å². The first-order valence-electron chi connectivity index (χ1n) is 10.8. The minimum absolute atomic E-state index is 0.0577. The van der Waals surface area contributed by atoms with Gasteiger partial charge >= 0.3 is 5.97 Å². The summed E-state index contributed by atoms with van der Waals surface area (Å²) in [6.07, 6.45) is 0.270. The van der Waals surface area contributed by atoms with Gasteiger partial charge in [-0.2, -0.15) is 0 Å². The maximum Gasteiger partial charge on any atom is 0.337 e. The van der Waals surface area contributed by atoms with Crippen LogP contribution in [0, 0.1) is 5.92 Å². The van der Waals surface area contributed by atoms with Crippen molar-refractivity contribution < 1.29 is 23.8 Å². The molecule has 2 rings (SSSR count). The van der Waals surface area contributed by atoms with Gasteiger partial charge < -0.3 is 19.5 Å². The number of anilines is 1. The van der Waals surface area contributed by atoms with Crippen LogP contribution in [-0.4, -0.2) is 33.2 Å². The fourth-order valence-corrected chi connectivity index (χ4v) is 3.78. The largest absolute Gasteiger partial charge is 0.497 e. The lowest BCUT2D eigenvalue weighted by atomic mass is 9.84. The number of benzene rings is 2. The van der Waals surface area contributed by atoms with Crippen molar-refractivity contribution in [3.05, 3.63) is 53.1 Å². The molecule has 2 aromatic carbocycles. The first-order valence-corrected chi connectivity index (χ1v) is 10.8. The van der Waals surface area contributed by atoms with Crippen molar-refractivity contribution in [1.82, 2.24) is 0 Å². The molecule has 0 aliphatic carbocycles. The van der Waals surface area contributed by atoms with Crippen molar-refractivity contribution in [1.29, 1.82) is 0 Å². The van der Waals surface area contributed by atoms with Crippen molar-refractivity contribution in [3.8, 4) is 11.5 Å². The van der Waals surface area contributed by atoms with Crippen LogP contribution in [0.2, 0.25) is 0 Å². The van der Waals surface area contributed by atoms with Crippen LogP contribution in [-0.2, 0) is 14.9 Å². The molecule has 0 spiro atoms. The van der Waals surface area contributed by atoms with Crippen molar-refractivity contribution in [2.45, 2.75) is 52.4 Å². The zero-order chi connectivity index (χ0) is 24.1. The number of carbonyl (C=O) groups excluding carboxylic acids is 2. The minimum atomic E-state index is -0.441. The molecule has 174 valence electrons. The molecule has 0 aliphatic rings. The first-order chi connectivity index (χ1) is 15.0. The molecule has 0 radical (unpaired) electrons. The first kappa shape index (κ1) is 25.2. The Morgan fingerprint density at radius 3 is 2.19 bits per heavy atom. The molecule has 0 bridgehead atoms. The lowest BCUT2D eigenvalue weighted by Crippen LogP contribution is -2.22. The molecule has 32 heavy (non-hydrogen) atoms. The second kappa shape index (κ2) is 10.5. The number of methoxy groups -OCH3 is 3. The average Bonchev–Trinajstić information content (AvgIpc) is 2.75. The van der Waals surface area contributed by atoms with E-state index < -0.39 is 5.97 Å². The van der Waals surface area contributed by atoms with E-state index in [9.17, 15) is 9.59 Å². The van der Waals surface area contributed by atoms with Crippen LogP contribution in [0.25, 0.3) is 0 Å². The van der Waals surface area contributed by atoms with Crippen molar-refractivity contribution in [2.24, 2.45) is 5.92 Å². The number of nitrogens with one attached hydrogen (secondary N) is 1. The summed E-state index contributed by atoms with van der Waals surface area (Å²) in [5.74, 6) is 0.966. The Labute approximate surface area is 191 Å². The predicted molar refractivity (Wildman–Crippen MR) is 127 cm³/mol. The van der Waals surface area contributed by atoms with Gasteiger partial charge in [-0.25, -0.2) is 4.79 Å². The van der Waals surface area contributed by atoms with Gasteiger partial charge in [0.05, 0.1) is 26.9 Å². The van der Waals surface area contributed by atoms with E-state index >= 15 is 0 Å². The van der Waals surface area contributed by atoms with Crippen LogP contribution in [0.15, 0.2) is 36.4 Å². The highest BCUT2D eigenvalue weighted by Crippen LogP contribution is 2.37. The number of hydrogen-bond acceptors (Lipinski definition) is 5. The van der Waals surface area contributed by atoms with E-state index in [2.05, 4.69) is 39.9 Å². The number of hydrogen-bond donors (Lipinski definition) is 1. The normalized spacial score (nSPS) is 12.3. The molecule has 1 unspecified atom stereocenters. The van der Waals surface area contributed by atoms with E-state index in [4.69, 9.17) is 14.2 Å². The van der Waals surface area contributed by atoms with Crippen LogP contribution in [0.4, 0.5) is 5.69 Å². The topological polar surface area (TPSA) is 73.9 Å². The van der Waals surface area contributed by atoms with E-state index in [1.54, 1.807) is 26.4 Å². The zero-order valence-corrected chi connectivity index (χ0v) is 20.4. The lowest BCUT2D eigenvalue weighted by Gasteiger charge is -2.26. The molecule has 0 aromatic heterocycles. The number of esters is 1. The molecule has 1 N–H and O–H groups in total. The molecule has 0 saturated heterocycles. The summed E-state index contributed by atoms with van der Waals surface area (Å²) in [5.41, 5.74) is 2.70. The van der Waals surface area contributed by atoms with Gasteiger partial charge in [0.1, 0.15) is 11.5 Å². The molecule has 0 heterocycles. The minimum Gasteiger partial charge on any atom is -0.497 e. The average molecular weight is 442 g/mol. The van der Waals surface area contributed by atoms with E-state index in [0.717, 1.165) is 11.1 Å². The Morgan fingerprint density at radius 2 is 1.66 bits per heavy atom. The highest BCUT2D eigenvalue weighted by Gasteiger charge is 2.25. The highest BCUT2D eigenvalue weighted by atomic mass is 16.5. The Bertz CT molecular complexity index is 959. The summed E-state index contributed by atoms with van der Waals surface area (Å²) in [6.45, 7) is 10.4. The third-order valence-corrected chi connectivity index (χ3v) is 5.57. The maximum absolute atomic E-state index is 13.2. The summed E-state index contributed by atoms with van der Waals surface area (Å²) in [5, 5.41) is 3.04. The second-order valence-corrected chi connectivity index (χ2v) is 9.21. The molecule has 6 nitrogen and oxygen atoms in total. The smallest absolute Gasteiger partial charge is 0.337 e. The monoisotopic (exact) mass is 441 g/mol. The number of rotatable bonds is 8. The molecule has 0 aliphatic heterocycles. The van der Waals surface area contributed by atoms with Crippen LogP contribution < -0.4 is 14.8 Å². The Balaban J connectivity index is 2.36. The molecule has 0 saturated carbocycles. The van der Waals surface area contributed by atoms with Gasteiger partial charge in [0, 0.05) is 18.2 Å². The summed E-state index contributed by atoms with van der Waals surface area (Å²) in [7, 11) is 4.56. The van der Waals surface area contributed by atoms with Gasteiger partial charge in [-0.3, -0.25) is 4.79 Å². The van der Waals surface area contributed by atoms with Gasteiger partial charge in [0.25, 0.3) is 0 Å². The van der Waals surface area contributed by atoms with E-state index in [-0.39, 0.29) is 29.6 Å². The molecular weight excluding hydrogens is 406 g/mol. The molecule has 6 heteroatoms. The molecule has 0 fully saturated rings. The Morgan fingerprint density at radius 1 is 0.969 bits per heavy atom. The van der Waals surface area contributed by atoms with Crippen LogP contribution in [0.3, 0.4) is 0 Å². The van der Waals surface area contributed by atoms with Crippen molar-refractivity contribution >= 4 is 17.6 Å². The maximum atomic E-state index is 13.2. The molecular formula is C26H35NO5. The van der Waals surface area contributed by atoms with E-state index in [1.165, 1.54) is 7.11 Å². The van der Waals surface area contributed by atoms with Crippen molar-refractivity contribution in [2.75, 3.05) is 26.6 Å². The number of carbonyl (C=O) groups is 2. The van der Waals surface area contributed by atoms with Gasteiger partial charge in [0.2, 0.25) is 5.91 Å². The van der Waals surface area contributed by atoms with Gasteiger partial charge in [-0.15, -0.1) is 0 Å². The fraction of sp³-hybridized carbons (Fsp3) is 0.462. The third kappa shape index (κ3) is 6.02. The summed E-state index contributed by atoms with van der Waals surface area (Å²) in [4.78, 5) is 25.2. The summed E-state index contributed by atoms with van der Waals surface area (Å²) in [6, 6.07) is 10.9. The number of ether oxygens (including phenoxy) is 3. The van der Waals surface area contributed by atoms with Gasteiger partial charge in [-0.05, 0) is 46.6 Å². The number of amides is 1. The third-order valence-electron chi connectivity index (χ3n) is 5.57. The lowest BCUT2D eigenvalue weighted by molar-refractivity contribution is -0.116. The fourth-order valence-electron chi connectivity index (χ4n) is 3.78. The van der Waals surface area contributed by atoms with Crippen LogP contribution in [0.5, 0.6) is 11.5 Å². The highest BCUT2D eigenvalue weighted by molar-refractivity contribution is 5.96. The standard InChI is InChI=1S/C26H35NO5/c1-16(2)20(19-11-10-18(30-6)14-23(19)31-7)15-24(28)27-22-13-17(25(29)32-8)9-12-21(22)26(3,4)5/h9-14,16,20H,15H2,1-8H3,(H,27,28). The Hall–Kier alpha value is -3.02. The summed E-state index contributed by atoms with van der Waals surface area (Å²) >= 11 is 0. The van der Waals surface area contributed by atoms with Gasteiger partial charge in [-0.1, -0.05) is 46.8 Å². The molecule has 1 amide bonds. The quantitative estimate of drug-likeness (QED) is 0.543. The zero-order valence-electron chi connectivity index (χ0n) is 20.4. The molecule has 1 atom stereocenters. The summed E-state index contributed by atoms with van der Waals surface area (Å²) < 4.78 is 15.7. The van der Waals surface area contributed by atoms with Crippen molar-refractivity contribution in [3.63, 3.8) is 0 Å². The predicted octanol–water partition coefficient (Wildman–Crippen LogP) is 5.56. The Kier molecular flexibility index (Phi) is 8.31. The molecule has 2 aromatic rings.